The second-order valence-corrected chi connectivity index (χ2v) is 5.19. The first kappa shape index (κ1) is 16.8. The number of nitrogens with one attached hydrogen (secondary N) is 2. The molecule has 2 aromatic rings. The number of carbonyl (C=O) groups excluding carboxylic acids is 1. The van der Waals surface area contributed by atoms with Crippen LogP contribution in [0.15, 0.2) is 41.2 Å². The third-order valence-corrected chi connectivity index (χ3v) is 3.30. The van der Waals surface area contributed by atoms with E-state index in [1.54, 1.807) is 6.92 Å². The Hall–Kier alpha value is -2.57. The first-order valence-corrected chi connectivity index (χ1v) is 6.86. The minimum Gasteiger partial charge on any atom is -0.354 e. The molecule has 0 aliphatic carbocycles. The molecule has 1 aromatic heterocycles. The van der Waals surface area contributed by atoms with Gasteiger partial charge in [-0.1, -0.05) is 18.2 Å². The highest BCUT2D eigenvalue weighted by Crippen LogP contribution is 2.34. The van der Waals surface area contributed by atoms with E-state index < -0.39 is 23.7 Å². The van der Waals surface area contributed by atoms with Crippen LogP contribution in [0.2, 0.25) is 0 Å². The highest BCUT2D eigenvalue weighted by molar-refractivity contribution is 5.92. The second kappa shape index (κ2) is 6.28. The molecule has 1 heterocycles. The summed E-state index contributed by atoms with van der Waals surface area (Å²) >= 11 is 0. The molecule has 0 spiro atoms. The van der Waals surface area contributed by atoms with E-state index in [9.17, 15) is 22.8 Å². The van der Waals surface area contributed by atoms with E-state index in [1.807, 2.05) is 0 Å². The van der Waals surface area contributed by atoms with Crippen LogP contribution in [0.3, 0.4) is 0 Å². The molecular formula is C16H15F3N2O2. The second-order valence-electron chi connectivity index (χ2n) is 5.19. The van der Waals surface area contributed by atoms with Crippen LogP contribution in [0.4, 0.5) is 13.2 Å². The van der Waals surface area contributed by atoms with Crippen molar-refractivity contribution in [3.63, 3.8) is 0 Å². The van der Waals surface area contributed by atoms with Crippen molar-refractivity contribution in [2.24, 2.45) is 0 Å². The Kier molecular flexibility index (Phi) is 4.58. The number of hydrogen-bond acceptors (Lipinski definition) is 2. The van der Waals surface area contributed by atoms with Gasteiger partial charge in [-0.25, -0.2) is 0 Å². The summed E-state index contributed by atoms with van der Waals surface area (Å²) < 4.78 is 39.0. The van der Waals surface area contributed by atoms with Crippen LogP contribution < -0.4 is 10.7 Å². The van der Waals surface area contributed by atoms with E-state index in [0.29, 0.717) is 5.69 Å². The smallest absolute Gasteiger partial charge is 0.354 e. The predicted molar refractivity (Wildman–Crippen MR) is 79.1 cm³/mol. The molecule has 122 valence electrons. The number of aryl methyl sites for hydroxylation is 1. The Morgan fingerprint density at radius 2 is 1.87 bits per heavy atom. The third kappa shape index (κ3) is 4.00. The molecule has 2 rings (SSSR count). The lowest BCUT2D eigenvalue weighted by atomic mass is 10.0. The molecule has 4 nitrogen and oxygen atoms in total. The largest absolute Gasteiger partial charge is 0.416 e. The highest BCUT2D eigenvalue weighted by Gasteiger charge is 2.34. The van der Waals surface area contributed by atoms with Gasteiger partial charge in [0.25, 0.3) is 5.91 Å². The number of alkyl halides is 3. The zero-order valence-corrected chi connectivity index (χ0v) is 12.5. The third-order valence-electron chi connectivity index (χ3n) is 3.30. The minimum atomic E-state index is -4.51. The maximum atomic E-state index is 13.0. The number of rotatable bonds is 3. The van der Waals surface area contributed by atoms with Gasteiger partial charge in [-0.3, -0.25) is 9.59 Å². The molecule has 0 fully saturated rings. The fourth-order valence-electron chi connectivity index (χ4n) is 2.29. The number of amides is 1. The van der Waals surface area contributed by atoms with Crippen molar-refractivity contribution in [2.45, 2.75) is 26.1 Å². The van der Waals surface area contributed by atoms with Gasteiger partial charge >= 0.3 is 6.18 Å². The average Bonchev–Trinajstić information content (AvgIpc) is 2.45. The molecule has 0 saturated carbocycles. The summed E-state index contributed by atoms with van der Waals surface area (Å²) in [7, 11) is 0. The van der Waals surface area contributed by atoms with E-state index in [2.05, 4.69) is 10.3 Å². The number of aromatic amines is 1. The summed E-state index contributed by atoms with van der Waals surface area (Å²) in [5.41, 5.74) is -0.694. The van der Waals surface area contributed by atoms with E-state index in [4.69, 9.17) is 0 Å². The van der Waals surface area contributed by atoms with E-state index in [0.717, 1.165) is 12.1 Å². The molecule has 1 aromatic carbocycles. The molecule has 0 saturated heterocycles. The van der Waals surface area contributed by atoms with Gasteiger partial charge in [0.05, 0.1) is 11.6 Å². The maximum Gasteiger partial charge on any atom is 0.416 e. The highest BCUT2D eigenvalue weighted by atomic mass is 19.4. The number of carbonyl (C=O) groups is 1. The SMILES string of the molecule is Cc1cc(=O)cc(C(=O)N[C@H](C)c2ccccc2C(F)(F)F)[nH]1. The molecule has 1 amide bonds. The monoisotopic (exact) mass is 324 g/mol. The first-order valence-electron chi connectivity index (χ1n) is 6.86. The maximum absolute atomic E-state index is 13.0. The Bertz CT molecular complexity index is 781. The Labute approximate surface area is 130 Å². The van der Waals surface area contributed by atoms with Gasteiger partial charge < -0.3 is 10.3 Å². The molecule has 1 atom stereocenters. The summed E-state index contributed by atoms with van der Waals surface area (Å²) in [6.07, 6.45) is -4.51. The summed E-state index contributed by atoms with van der Waals surface area (Å²) in [4.78, 5) is 26.3. The number of hydrogen-bond donors (Lipinski definition) is 2. The van der Waals surface area contributed by atoms with Gasteiger partial charge in [-0.05, 0) is 25.5 Å². The lowest BCUT2D eigenvalue weighted by Gasteiger charge is -2.19. The molecule has 0 bridgehead atoms. The Morgan fingerprint density at radius 3 is 2.48 bits per heavy atom. The van der Waals surface area contributed by atoms with Crippen molar-refractivity contribution in [1.82, 2.24) is 10.3 Å². The number of H-pyrrole nitrogens is 1. The number of aromatic nitrogens is 1. The molecular weight excluding hydrogens is 309 g/mol. The van der Waals surface area contributed by atoms with Crippen molar-refractivity contribution in [1.29, 1.82) is 0 Å². The van der Waals surface area contributed by atoms with Crippen molar-refractivity contribution >= 4 is 5.91 Å². The summed E-state index contributed by atoms with van der Waals surface area (Å²) in [6, 6.07) is 6.59. The molecule has 0 unspecified atom stereocenters. The molecule has 7 heteroatoms. The van der Waals surface area contributed by atoms with Gasteiger partial charge in [0, 0.05) is 17.8 Å². The predicted octanol–water partition coefficient (Wildman–Crippen LogP) is 3.19. The van der Waals surface area contributed by atoms with Crippen LogP contribution in [0.5, 0.6) is 0 Å². The summed E-state index contributed by atoms with van der Waals surface area (Å²) in [6.45, 7) is 3.07. The lowest BCUT2D eigenvalue weighted by molar-refractivity contribution is -0.138. The van der Waals surface area contributed by atoms with E-state index >= 15 is 0 Å². The van der Waals surface area contributed by atoms with Crippen LogP contribution in [-0.2, 0) is 6.18 Å². The first-order chi connectivity index (χ1) is 10.7. The zero-order chi connectivity index (χ0) is 17.2. The zero-order valence-electron chi connectivity index (χ0n) is 12.5. The molecule has 2 N–H and O–H groups in total. The van der Waals surface area contributed by atoms with Crippen molar-refractivity contribution in [2.75, 3.05) is 0 Å². The van der Waals surface area contributed by atoms with Crippen molar-refractivity contribution in [3.8, 4) is 0 Å². The summed E-state index contributed by atoms with van der Waals surface area (Å²) in [5, 5.41) is 2.47. The van der Waals surface area contributed by atoms with E-state index in [-0.39, 0.29) is 16.7 Å². The van der Waals surface area contributed by atoms with E-state index in [1.165, 1.54) is 31.2 Å². The van der Waals surface area contributed by atoms with Crippen LogP contribution in [0.1, 0.15) is 40.3 Å². The van der Waals surface area contributed by atoms with Crippen LogP contribution >= 0.6 is 0 Å². The normalized spacial score (nSPS) is 12.7. The Morgan fingerprint density at radius 1 is 1.22 bits per heavy atom. The molecule has 0 aliphatic heterocycles. The molecule has 23 heavy (non-hydrogen) atoms. The quantitative estimate of drug-likeness (QED) is 0.911. The van der Waals surface area contributed by atoms with Gasteiger partial charge in [-0.15, -0.1) is 0 Å². The van der Waals surface area contributed by atoms with Gasteiger partial charge in [0.1, 0.15) is 5.69 Å². The topological polar surface area (TPSA) is 62.0 Å². The minimum absolute atomic E-state index is 0.00587. The number of halogens is 3. The van der Waals surface area contributed by atoms with Gasteiger partial charge in [0.2, 0.25) is 0 Å². The number of benzene rings is 1. The number of pyridine rings is 1. The average molecular weight is 324 g/mol. The van der Waals surface area contributed by atoms with Crippen LogP contribution in [0, 0.1) is 6.92 Å². The fraction of sp³-hybridized carbons (Fsp3) is 0.250. The lowest BCUT2D eigenvalue weighted by Crippen LogP contribution is -2.29. The molecule has 0 radical (unpaired) electrons. The Balaban J connectivity index is 2.27. The van der Waals surface area contributed by atoms with Gasteiger partial charge in [0.15, 0.2) is 5.43 Å². The van der Waals surface area contributed by atoms with Crippen LogP contribution in [-0.4, -0.2) is 10.9 Å². The van der Waals surface area contributed by atoms with Gasteiger partial charge in [-0.2, -0.15) is 13.2 Å². The molecule has 0 aliphatic rings. The van der Waals surface area contributed by atoms with Crippen molar-refractivity contribution in [3.05, 3.63) is 69.1 Å². The standard InChI is InChI=1S/C16H15F3N2O2/c1-9-7-11(22)8-14(20-9)15(23)21-10(2)12-5-3-4-6-13(12)16(17,18)19/h3-8,10H,1-2H3,(H,20,22)(H,21,23)/t10-/m1/s1. The van der Waals surface area contributed by atoms with Crippen molar-refractivity contribution < 1.29 is 18.0 Å². The summed E-state index contributed by atoms with van der Waals surface area (Å²) in [5.74, 6) is -0.643. The fourth-order valence-corrected chi connectivity index (χ4v) is 2.29. The van der Waals surface area contributed by atoms with Crippen LogP contribution in [0.25, 0.3) is 0 Å².